The second-order valence-electron chi connectivity index (χ2n) is 7.94. The van der Waals surface area contributed by atoms with Gasteiger partial charge in [0.2, 0.25) is 23.6 Å². The maximum Gasteiger partial charge on any atom is 0.326 e. The third-order valence-corrected chi connectivity index (χ3v) is 5.81. The maximum absolute atomic E-state index is 13.0. The Bertz CT molecular complexity index is 677. The lowest BCUT2D eigenvalue weighted by molar-refractivity contribution is -0.144. The van der Waals surface area contributed by atoms with Gasteiger partial charge in [-0.2, -0.15) is 12.6 Å². The third-order valence-electron chi connectivity index (χ3n) is 5.42. The van der Waals surface area contributed by atoms with Crippen LogP contribution >= 0.6 is 12.6 Å². The van der Waals surface area contributed by atoms with Crippen molar-refractivity contribution in [1.82, 2.24) is 16.0 Å². The van der Waals surface area contributed by atoms with Crippen molar-refractivity contribution in [2.24, 2.45) is 23.3 Å². The first-order valence-electron chi connectivity index (χ1n) is 10.7. The molecule has 0 aromatic rings. The average molecular weight is 476 g/mol. The molecule has 0 saturated heterocycles. The number of aliphatic carboxylic acids is 1. The van der Waals surface area contributed by atoms with E-state index in [-0.39, 0.29) is 30.4 Å². The largest absolute Gasteiger partial charge is 0.480 e. The van der Waals surface area contributed by atoms with Crippen molar-refractivity contribution in [3.63, 3.8) is 0 Å². The van der Waals surface area contributed by atoms with Gasteiger partial charge in [-0.3, -0.25) is 19.2 Å². The van der Waals surface area contributed by atoms with Gasteiger partial charge in [0.05, 0.1) is 6.04 Å². The summed E-state index contributed by atoms with van der Waals surface area (Å²) in [4.78, 5) is 60.8. The molecule has 12 heteroatoms. The lowest BCUT2D eigenvalue weighted by Crippen LogP contribution is -2.59. The fraction of sp³-hybridized carbons (Fsp3) is 0.750. The SMILES string of the molecule is CCC(C)C(NC(=O)C(CCC(N)=O)NC(=O)C(NC(=O)C(N)CS)C(C)CC)C(=O)O. The number of nitrogens with two attached hydrogens (primary N) is 2. The number of hydrogen-bond acceptors (Lipinski definition) is 7. The molecule has 32 heavy (non-hydrogen) atoms. The number of amides is 4. The Morgan fingerprint density at radius 3 is 1.81 bits per heavy atom. The number of nitrogens with one attached hydrogen (secondary N) is 3. The number of primary amides is 1. The van der Waals surface area contributed by atoms with Gasteiger partial charge in [0, 0.05) is 12.2 Å². The zero-order valence-corrected chi connectivity index (χ0v) is 20.0. The summed E-state index contributed by atoms with van der Waals surface area (Å²) in [7, 11) is 0. The molecule has 4 amide bonds. The number of rotatable bonds is 15. The molecule has 0 aliphatic heterocycles. The summed E-state index contributed by atoms with van der Waals surface area (Å²) in [6.07, 6.45) is 0.714. The summed E-state index contributed by atoms with van der Waals surface area (Å²) in [6.45, 7) is 7.04. The first-order chi connectivity index (χ1) is 14.9. The summed E-state index contributed by atoms with van der Waals surface area (Å²) in [5.74, 6) is -4.44. The van der Waals surface area contributed by atoms with Crippen molar-refractivity contribution in [3.05, 3.63) is 0 Å². The van der Waals surface area contributed by atoms with Crippen molar-refractivity contribution in [1.29, 1.82) is 0 Å². The van der Waals surface area contributed by atoms with E-state index in [4.69, 9.17) is 11.5 Å². The second-order valence-corrected chi connectivity index (χ2v) is 8.30. The molecule has 0 saturated carbocycles. The number of thiol groups is 1. The molecular formula is C20H37N5O6S. The second kappa shape index (κ2) is 14.7. The number of carboxylic acid groups (broad SMARTS) is 1. The molecule has 0 aliphatic carbocycles. The van der Waals surface area contributed by atoms with E-state index in [1.165, 1.54) is 0 Å². The van der Waals surface area contributed by atoms with Crippen LogP contribution in [0.2, 0.25) is 0 Å². The van der Waals surface area contributed by atoms with Gasteiger partial charge in [0.15, 0.2) is 0 Å². The van der Waals surface area contributed by atoms with Gasteiger partial charge in [-0.1, -0.05) is 40.5 Å². The summed E-state index contributed by atoms with van der Waals surface area (Å²) in [5.41, 5.74) is 10.8. The van der Waals surface area contributed by atoms with Crippen molar-refractivity contribution < 1.29 is 29.1 Å². The number of carboxylic acids is 1. The molecule has 0 rings (SSSR count). The van der Waals surface area contributed by atoms with Crippen LogP contribution in [0.5, 0.6) is 0 Å². The monoisotopic (exact) mass is 475 g/mol. The molecule has 0 radical (unpaired) electrons. The van der Waals surface area contributed by atoms with E-state index in [2.05, 4.69) is 28.6 Å². The van der Waals surface area contributed by atoms with Crippen LogP contribution in [0.15, 0.2) is 0 Å². The Balaban J connectivity index is 5.64. The van der Waals surface area contributed by atoms with Crippen molar-refractivity contribution in [3.8, 4) is 0 Å². The summed E-state index contributed by atoms with van der Waals surface area (Å²) in [6, 6.07) is -4.30. The van der Waals surface area contributed by atoms with E-state index in [1.807, 2.05) is 6.92 Å². The normalized spacial score (nSPS) is 16.6. The Morgan fingerprint density at radius 1 is 0.875 bits per heavy atom. The molecule has 0 aliphatic rings. The molecule has 11 nitrogen and oxygen atoms in total. The highest BCUT2D eigenvalue weighted by molar-refractivity contribution is 7.80. The topological polar surface area (TPSA) is 194 Å². The highest BCUT2D eigenvalue weighted by Crippen LogP contribution is 2.12. The average Bonchev–Trinajstić information content (AvgIpc) is 2.75. The van der Waals surface area contributed by atoms with Crippen LogP contribution in [-0.4, -0.2) is 64.6 Å². The van der Waals surface area contributed by atoms with E-state index in [1.54, 1.807) is 20.8 Å². The van der Waals surface area contributed by atoms with Crippen LogP contribution < -0.4 is 27.4 Å². The third kappa shape index (κ3) is 9.86. The predicted octanol–water partition coefficient (Wildman–Crippen LogP) is -0.860. The van der Waals surface area contributed by atoms with Gasteiger partial charge >= 0.3 is 5.97 Å². The Kier molecular flexibility index (Phi) is 13.6. The molecule has 0 spiro atoms. The predicted molar refractivity (Wildman–Crippen MR) is 123 cm³/mol. The lowest BCUT2D eigenvalue weighted by atomic mass is 9.96. The maximum atomic E-state index is 13.0. The Labute approximate surface area is 194 Å². The fourth-order valence-electron chi connectivity index (χ4n) is 2.80. The van der Waals surface area contributed by atoms with Gasteiger partial charge in [-0.05, 0) is 18.3 Å². The minimum atomic E-state index is -1.22. The van der Waals surface area contributed by atoms with E-state index < -0.39 is 53.8 Å². The molecule has 0 aromatic carbocycles. The van der Waals surface area contributed by atoms with Gasteiger partial charge in [-0.25, -0.2) is 4.79 Å². The van der Waals surface area contributed by atoms with E-state index in [9.17, 15) is 29.1 Å². The van der Waals surface area contributed by atoms with Crippen molar-refractivity contribution in [2.75, 3.05) is 5.75 Å². The van der Waals surface area contributed by atoms with E-state index in [0.29, 0.717) is 12.8 Å². The van der Waals surface area contributed by atoms with Crippen LogP contribution in [0.4, 0.5) is 0 Å². The minimum Gasteiger partial charge on any atom is -0.480 e. The van der Waals surface area contributed by atoms with Crippen LogP contribution in [0, 0.1) is 11.8 Å². The summed E-state index contributed by atoms with van der Waals surface area (Å²) >= 11 is 3.97. The van der Waals surface area contributed by atoms with Gasteiger partial charge in [0.1, 0.15) is 18.1 Å². The smallest absolute Gasteiger partial charge is 0.326 e. The summed E-state index contributed by atoms with van der Waals surface area (Å²) < 4.78 is 0. The molecular weight excluding hydrogens is 438 g/mol. The number of hydrogen-bond donors (Lipinski definition) is 7. The fourth-order valence-corrected chi connectivity index (χ4v) is 2.96. The standard InChI is InChI=1S/C20H37N5O6S/c1-5-10(3)15(24-17(27)12(21)9-32)19(29)23-13(7-8-14(22)26)18(28)25-16(20(30)31)11(4)6-2/h10-13,15-16,32H,5-9,21H2,1-4H3,(H2,22,26)(H,23,29)(H,24,27)(H,25,28)(H,30,31). The molecule has 0 aromatic heterocycles. The highest BCUT2D eigenvalue weighted by atomic mass is 32.1. The van der Waals surface area contributed by atoms with Gasteiger partial charge in [0.25, 0.3) is 0 Å². The van der Waals surface area contributed by atoms with Gasteiger partial charge < -0.3 is 32.5 Å². The van der Waals surface area contributed by atoms with Crippen molar-refractivity contribution in [2.45, 2.75) is 77.5 Å². The van der Waals surface area contributed by atoms with E-state index >= 15 is 0 Å². The van der Waals surface area contributed by atoms with Crippen LogP contribution in [0.3, 0.4) is 0 Å². The molecule has 6 atom stereocenters. The highest BCUT2D eigenvalue weighted by Gasteiger charge is 2.33. The zero-order chi connectivity index (χ0) is 25.0. The van der Waals surface area contributed by atoms with Crippen LogP contribution in [0.25, 0.3) is 0 Å². The first kappa shape index (κ1) is 29.7. The molecule has 0 bridgehead atoms. The van der Waals surface area contributed by atoms with E-state index in [0.717, 1.165) is 0 Å². The quantitative estimate of drug-likeness (QED) is 0.150. The Morgan fingerprint density at radius 2 is 1.38 bits per heavy atom. The molecule has 0 fully saturated rings. The molecule has 184 valence electrons. The zero-order valence-electron chi connectivity index (χ0n) is 19.1. The first-order valence-corrected chi connectivity index (χ1v) is 11.3. The molecule has 0 heterocycles. The lowest BCUT2D eigenvalue weighted by Gasteiger charge is -2.28. The van der Waals surface area contributed by atoms with Crippen LogP contribution in [0.1, 0.15) is 53.4 Å². The van der Waals surface area contributed by atoms with Crippen molar-refractivity contribution >= 4 is 42.2 Å². The minimum absolute atomic E-state index is 0.0799. The number of carbonyl (C=O) groups is 5. The van der Waals surface area contributed by atoms with Crippen LogP contribution in [-0.2, 0) is 24.0 Å². The van der Waals surface area contributed by atoms with Gasteiger partial charge in [-0.15, -0.1) is 0 Å². The summed E-state index contributed by atoms with van der Waals surface area (Å²) in [5, 5.41) is 17.0. The molecule has 8 N–H and O–H groups in total. The Hall–Kier alpha value is -2.34. The number of carbonyl (C=O) groups excluding carboxylic acids is 4. The molecule has 6 unspecified atom stereocenters.